The average Bonchev–Trinajstić information content (AvgIpc) is 2.76. The van der Waals surface area contributed by atoms with E-state index in [1.807, 2.05) is 27.7 Å². The number of aldehydes is 1. The van der Waals surface area contributed by atoms with Gasteiger partial charge in [0, 0.05) is 10.8 Å². The number of esters is 1. The van der Waals surface area contributed by atoms with E-state index >= 15 is 0 Å². The molecule has 0 saturated carbocycles. The lowest BCUT2D eigenvalue weighted by molar-refractivity contribution is -0.145. The Morgan fingerprint density at radius 3 is 2.50 bits per heavy atom. The van der Waals surface area contributed by atoms with Crippen LogP contribution in [0.4, 0.5) is 0 Å². The summed E-state index contributed by atoms with van der Waals surface area (Å²) in [6, 6.07) is -0.467. The second kappa shape index (κ2) is 7.29. The van der Waals surface area contributed by atoms with Crippen LogP contribution in [-0.4, -0.2) is 24.4 Å². The van der Waals surface area contributed by atoms with Gasteiger partial charge in [-0.25, -0.2) is 0 Å². The van der Waals surface area contributed by atoms with Crippen molar-refractivity contribution in [2.45, 2.75) is 52.7 Å². The van der Waals surface area contributed by atoms with Crippen molar-refractivity contribution in [3.8, 4) is 0 Å². The minimum Gasteiger partial charge on any atom is -0.462 e. The first-order valence-corrected chi connectivity index (χ1v) is 7.10. The molecule has 1 heterocycles. The maximum atomic E-state index is 11.8. The van der Waals surface area contributed by atoms with Crippen LogP contribution in [0.2, 0.25) is 0 Å². The van der Waals surface area contributed by atoms with Crippen LogP contribution in [0.3, 0.4) is 0 Å². The van der Waals surface area contributed by atoms with E-state index in [4.69, 9.17) is 10.3 Å². The van der Waals surface area contributed by atoms with E-state index in [2.05, 4.69) is 10.0 Å². The summed E-state index contributed by atoms with van der Waals surface area (Å²) in [6.07, 6.45) is 1.46. The minimum absolute atomic E-state index is 0.148. The smallest absolute Gasteiger partial charge is 0.309 e. The number of rotatable bonds is 7. The number of azide groups is 1. The second-order valence-corrected chi connectivity index (χ2v) is 6.11. The van der Waals surface area contributed by atoms with Crippen LogP contribution in [0.15, 0.2) is 5.11 Å². The maximum Gasteiger partial charge on any atom is 0.309 e. The van der Waals surface area contributed by atoms with Crippen molar-refractivity contribution >= 4 is 12.3 Å². The fraction of sp³-hybridized carbons (Fsp3) is 0.857. The quantitative estimate of drug-likeness (QED) is 0.236. The summed E-state index contributed by atoms with van der Waals surface area (Å²) in [4.78, 5) is 25.7. The molecule has 6 heteroatoms. The Morgan fingerprint density at radius 1 is 1.45 bits per heavy atom. The van der Waals surface area contributed by atoms with Gasteiger partial charge >= 0.3 is 5.97 Å². The van der Waals surface area contributed by atoms with Crippen molar-refractivity contribution in [3.63, 3.8) is 0 Å². The Labute approximate surface area is 119 Å². The minimum atomic E-state index is -0.467. The molecule has 4 unspecified atom stereocenters. The second-order valence-electron chi connectivity index (χ2n) is 6.11. The number of ether oxygens (including phenoxy) is 1. The largest absolute Gasteiger partial charge is 0.462 e. The zero-order chi connectivity index (χ0) is 15.3. The zero-order valence-electron chi connectivity index (χ0n) is 12.5. The molecule has 1 saturated heterocycles. The van der Waals surface area contributed by atoms with Crippen LogP contribution >= 0.6 is 0 Å². The van der Waals surface area contributed by atoms with Gasteiger partial charge < -0.3 is 9.53 Å². The Hall–Kier alpha value is -1.55. The fourth-order valence-corrected chi connectivity index (χ4v) is 2.51. The summed E-state index contributed by atoms with van der Waals surface area (Å²) in [5.74, 6) is -0.198. The summed E-state index contributed by atoms with van der Waals surface area (Å²) in [7, 11) is 0. The van der Waals surface area contributed by atoms with Crippen LogP contribution < -0.4 is 0 Å². The molecule has 0 radical (unpaired) electrons. The molecule has 4 atom stereocenters. The highest BCUT2D eigenvalue weighted by Gasteiger charge is 2.40. The van der Waals surface area contributed by atoms with Crippen LogP contribution in [0, 0.1) is 23.7 Å². The zero-order valence-corrected chi connectivity index (χ0v) is 12.5. The van der Waals surface area contributed by atoms with Gasteiger partial charge in [-0.1, -0.05) is 32.8 Å². The monoisotopic (exact) mass is 281 g/mol. The Morgan fingerprint density at radius 2 is 2.10 bits per heavy atom. The normalized spacial score (nSPS) is 25.2. The summed E-state index contributed by atoms with van der Waals surface area (Å²) >= 11 is 0. The van der Waals surface area contributed by atoms with Crippen LogP contribution in [0.5, 0.6) is 0 Å². The van der Waals surface area contributed by atoms with Crippen molar-refractivity contribution in [1.29, 1.82) is 0 Å². The van der Waals surface area contributed by atoms with E-state index in [9.17, 15) is 9.59 Å². The highest BCUT2D eigenvalue weighted by Crippen LogP contribution is 2.32. The predicted molar refractivity (Wildman–Crippen MR) is 74.8 cm³/mol. The van der Waals surface area contributed by atoms with Gasteiger partial charge in [-0.05, 0) is 30.2 Å². The third kappa shape index (κ3) is 3.97. The lowest BCUT2D eigenvalue weighted by atomic mass is 9.86. The van der Waals surface area contributed by atoms with Crippen molar-refractivity contribution in [2.75, 3.05) is 0 Å². The predicted octanol–water partition coefficient (Wildman–Crippen LogP) is 3.11. The van der Waals surface area contributed by atoms with Crippen molar-refractivity contribution in [1.82, 2.24) is 0 Å². The Kier molecular flexibility index (Phi) is 6.02. The van der Waals surface area contributed by atoms with Gasteiger partial charge in [0.25, 0.3) is 0 Å². The third-order valence-electron chi connectivity index (χ3n) is 4.04. The first-order valence-electron chi connectivity index (χ1n) is 7.10. The van der Waals surface area contributed by atoms with Gasteiger partial charge in [0.1, 0.15) is 12.4 Å². The topological polar surface area (TPSA) is 92.1 Å². The third-order valence-corrected chi connectivity index (χ3v) is 4.04. The summed E-state index contributed by atoms with van der Waals surface area (Å²) in [6.45, 7) is 7.84. The number of carbonyl (C=O) groups is 2. The molecule has 1 rings (SSSR count). The molecule has 1 aliphatic rings. The maximum absolute atomic E-state index is 11.8. The molecule has 1 fully saturated rings. The number of carbonyl (C=O) groups excluding carboxylic acids is 2. The van der Waals surface area contributed by atoms with Gasteiger partial charge in [-0.2, -0.15) is 0 Å². The molecule has 6 nitrogen and oxygen atoms in total. The van der Waals surface area contributed by atoms with Crippen molar-refractivity contribution < 1.29 is 14.3 Å². The molecular formula is C14H23N3O3. The summed E-state index contributed by atoms with van der Waals surface area (Å²) in [5.41, 5.74) is 8.69. The first kappa shape index (κ1) is 16.5. The van der Waals surface area contributed by atoms with E-state index in [1.165, 1.54) is 0 Å². The average molecular weight is 281 g/mol. The van der Waals surface area contributed by atoms with Gasteiger partial charge in [0.05, 0.1) is 12.0 Å². The Balaban J connectivity index is 2.80. The molecule has 0 aromatic carbocycles. The van der Waals surface area contributed by atoms with E-state index < -0.39 is 12.1 Å². The van der Waals surface area contributed by atoms with Gasteiger partial charge in [-0.3, -0.25) is 4.79 Å². The Bertz CT molecular complexity index is 402. The highest BCUT2D eigenvalue weighted by atomic mass is 16.6. The summed E-state index contributed by atoms with van der Waals surface area (Å²) < 4.78 is 5.36. The van der Waals surface area contributed by atoms with Gasteiger partial charge in [0.15, 0.2) is 0 Å². The molecule has 20 heavy (non-hydrogen) atoms. The van der Waals surface area contributed by atoms with E-state index in [-0.39, 0.29) is 29.6 Å². The van der Waals surface area contributed by atoms with Crippen LogP contribution in [0.1, 0.15) is 40.5 Å². The molecule has 0 N–H and O–H groups in total. The molecule has 0 amide bonds. The van der Waals surface area contributed by atoms with E-state index in [1.54, 1.807) is 0 Å². The molecule has 1 aliphatic heterocycles. The number of cyclic esters (lactones) is 1. The molecule has 0 aromatic heterocycles. The molecular weight excluding hydrogens is 258 g/mol. The van der Waals surface area contributed by atoms with E-state index in [0.717, 1.165) is 6.29 Å². The number of hydrogen-bond acceptors (Lipinski definition) is 4. The number of hydrogen-bond donors (Lipinski definition) is 0. The van der Waals surface area contributed by atoms with Crippen LogP contribution in [-0.2, 0) is 14.3 Å². The molecule has 0 aliphatic carbocycles. The van der Waals surface area contributed by atoms with Gasteiger partial charge in [-0.15, -0.1) is 0 Å². The molecule has 112 valence electrons. The van der Waals surface area contributed by atoms with Crippen molar-refractivity contribution in [2.24, 2.45) is 28.8 Å². The van der Waals surface area contributed by atoms with Crippen LogP contribution in [0.25, 0.3) is 10.4 Å². The number of nitrogens with zero attached hydrogens (tertiary/aromatic N) is 3. The lowest BCUT2D eigenvalue weighted by Gasteiger charge is -2.22. The highest BCUT2D eigenvalue weighted by molar-refractivity contribution is 5.75. The summed E-state index contributed by atoms with van der Waals surface area (Å²) in [5, 5.41) is 3.75. The van der Waals surface area contributed by atoms with E-state index in [0.29, 0.717) is 12.8 Å². The molecule has 0 spiro atoms. The van der Waals surface area contributed by atoms with Crippen molar-refractivity contribution in [3.05, 3.63) is 10.4 Å². The molecule has 0 aromatic rings. The standard InChI is InChI=1S/C14H23N3O3/c1-8(2)10(7-18)5-12(16-17-15)13-6-11(9(3)4)14(19)20-13/h7-13H,5-6H2,1-4H3. The SMILES string of the molecule is CC(C)C(C=O)CC(N=[N+]=[N-])C1CC(C(C)C)C(=O)O1. The van der Waals surface area contributed by atoms with Gasteiger partial charge in [0.2, 0.25) is 0 Å². The molecule has 0 bridgehead atoms. The fourth-order valence-electron chi connectivity index (χ4n) is 2.51. The first-order chi connectivity index (χ1) is 9.40. The lowest BCUT2D eigenvalue weighted by Crippen LogP contribution is -2.28.